The molecular weight excluding hydrogens is 394 g/mol. The number of benzene rings is 2. The van der Waals surface area contributed by atoms with Gasteiger partial charge < -0.3 is 10.6 Å². The van der Waals surface area contributed by atoms with Crippen LogP contribution in [-0.4, -0.2) is 36.3 Å². The molecular formula is C24H25N3O2S. The molecule has 0 spiro atoms. The van der Waals surface area contributed by atoms with Gasteiger partial charge in [0.1, 0.15) is 0 Å². The number of carbonyl (C=O) groups is 2. The Morgan fingerprint density at radius 2 is 1.73 bits per heavy atom. The molecule has 0 fully saturated rings. The number of fused-ring (bicyclic) bond motifs is 1. The van der Waals surface area contributed by atoms with E-state index < -0.39 is 5.91 Å². The predicted octanol–water partition coefficient (Wildman–Crippen LogP) is 3.60. The monoisotopic (exact) mass is 419 g/mol. The second-order valence-electron chi connectivity index (χ2n) is 7.43. The molecule has 0 unspecified atom stereocenters. The van der Waals surface area contributed by atoms with E-state index in [4.69, 9.17) is 5.73 Å². The maximum Gasteiger partial charge on any atom is 0.241 e. The number of hydrogen-bond donors (Lipinski definition) is 1. The third-order valence-corrected chi connectivity index (χ3v) is 6.47. The molecule has 2 aromatic carbocycles. The zero-order chi connectivity index (χ0) is 20.9. The van der Waals surface area contributed by atoms with Crippen LogP contribution in [0.3, 0.4) is 0 Å². The van der Waals surface area contributed by atoms with E-state index in [1.807, 2.05) is 48.5 Å². The van der Waals surface area contributed by atoms with Crippen LogP contribution in [0.1, 0.15) is 28.5 Å². The van der Waals surface area contributed by atoms with Gasteiger partial charge in [0.05, 0.1) is 12.6 Å². The van der Waals surface area contributed by atoms with E-state index >= 15 is 0 Å². The van der Waals surface area contributed by atoms with Gasteiger partial charge in [0, 0.05) is 30.1 Å². The molecule has 1 atom stereocenters. The molecule has 1 aliphatic rings. The molecule has 2 amide bonds. The van der Waals surface area contributed by atoms with Crippen molar-refractivity contribution in [2.75, 3.05) is 24.5 Å². The van der Waals surface area contributed by atoms with Crippen LogP contribution in [-0.2, 0) is 16.0 Å². The largest absolute Gasteiger partial charge is 0.370 e. The number of nitrogens with zero attached hydrogens (tertiary/aromatic N) is 2. The summed E-state index contributed by atoms with van der Waals surface area (Å²) in [6, 6.07) is 22.0. The third-order valence-electron chi connectivity index (χ3n) is 5.47. The summed E-state index contributed by atoms with van der Waals surface area (Å²) >= 11 is 1.79. The summed E-state index contributed by atoms with van der Waals surface area (Å²) in [6.07, 6.45) is 1.08. The van der Waals surface area contributed by atoms with Crippen molar-refractivity contribution in [1.29, 1.82) is 0 Å². The van der Waals surface area contributed by atoms with Crippen molar-refractivity contribution in [3.8, 4) is 0 Å². The summed E-state index contributed by atoms with van der Waals surface area (Å²) in [5.74, 6) is -0.436. The van der Waals surface area contributed by atoms with Gasteiger partial charge in [-0.15, -0.1) is 11.3 Å². The van der Waals surface area contributed by atoms with Gasteiger partial charge in [-0.3, -0.25) is 14.5 Å². The van der Waals surface area contributed by atoms with Gasteiger partial charge in [-0.25, -0.2) is 0 Å². The topological polar surface area (TPSA) is 66.6 Å². The maximum absolute atomic E-state index is 13.4. The quantitative estimate of drug-likeness (QED) is 0.636. The van der Waals surface area contributed by atoms with Gasteiger partial charge in [0.25, 0.3) is 0 Å². The van der Waals surface area contributed by atoms with Gasteiger partial charge in [-0.1, -0.05) is 48.5 Å². The number of carbonyl (C=O) groups excluding carboxylic acids is 2. The Morgan fingerprint density at radius 1 is 1.03 bits per heavy atom. The van der Waals surface area contributed by atoms with E-state index in [1.165, 1.54) is 16.0 Å². The zero-order valence-corrected chi connectivity index (χ0v) is 17.6. The Kier molecular flexibility index (Phi) is 6.26. The molecule has 0 saturated carbocycles. The van der Waals surface area contributed by atoms with Crippen LogP contribution in [0, 0.1) is 0 Å². The van der Waals surface area contributed by atoms with E-state index in [9.17, 15) is 9.59 Å². The fraction of sp³-hybridized carbons (Fsp3) is 0.250. The van der Waals surface area contributed by atoms with Gasteiger partial charge >= 0.3 is 0 Å². The number of para-hydroxylation sites is 1. The molecule has 2 N–H and O–H groups in total. The van der Waals surface area contributed by atoms with Crippen LogP contribution >= 0.6 is 11.3 Å². The standard InChI is InChI=1S/C24H25N3O2S/c25-22(28)12-15-27(19-9-5-2-6-10-19)23(29)17-26-14-11-21-20(13-16-30-21)24(26)18-7-3-1-4-8-18/h1-10,13,16,24H,11-12,14-15,17H2,(H2,25,28)/t24-/m0/s1. The lowest BCUT2D eigenvalue weighted by molar-refractivity contribution is -0.120. The molecule has 1 aliphatic heterocycles. The number of anilines is 1. The van der Waals surface area contributed by atoms with Crippen molar-refractivity contribution < 1.29 is 9.59 Å². The van der Waals surface area contributed by atoms with Crippen molar-refractivity contribution in [3.05, 3.63) is 88.1 Å². The summed E-state index contributed by atoms with van der Waals surface area (Å²) in [6.45, 7) is 1.38. The first-order valence-corrected chi connectivity index (χ1v) is 11.0. The zero-order valence-electron chi connectivity index (χ0n) is 16.7. The summed E-state index contributed by atoms with van der Waals surface area (Å²) in [7, 11) is 0. The van der Waals surface area contributed by atoms with Crippen LogP contribution in [0.25, 0.3) is 0 Å². The Morgan fingerprint density at radius 3 is 2.43 bits per heavy atom. The first-order valence-electron chi connectivity index (χ1n) is 10.1. The van der Waals surface area contributed by atoms with Crippen LogP contribution < -0.4 is 10.6 Å². The van der Waals surface area contributed by atoms with E-state index in [2.05, 4.69) is 28.5 Å². The van der Waals surface area contributed by atoms with Crippen LogP contribution in [0.2, 0.25) is 0 Å². The second-order valence-corrected chi connectivity index (χ2v) is 8.43. The summed E-state index contributed by atoms with van der Waals surface area (Å²) in [5.41, 5.74) is 8.62. The highest BCUT2D eigenvalue weighted by molar-refractivity contribution is 7.10. The first kappa shape index (κ1) is 20.3. The molecule has 1 aromatic heterocycles. The number of hydrogen-bond acceptors (Lipinski definition) is 4. The lowest BCUT2D eigenvalue weighted by Gasteiger charge is -2.37. The van der Waals surface area contributed by atoms with Crippen molar-refractivity contribution in [1.82, 2.24) is 4.90 Å². The van der Waals surface area contributed by atoms with Gasteiger partial charge in [0.15, 0.2) is 0 Å². The van der Waals surface area contributed by atoms with Gasteiger partial charge in [0.2, 0.25) is 11.8 Å². The van der Waals surface area contributed by atoms with E-state index in [0.717, 1.165) is 18.7 Å². The van der Waals surface area contributed by atoms with Gasteiger partial charge in [-0.05, 0) is 41.1 Å². The Balaban J connectivity index is 1.60. The predicted molar refractivity (Wildman–Crippen MR) is 120 cm³/mol. The number of primary amides is 1. The summed E-state index contributed by atoms with van der Waals surface area (Å²) in [5, 5.41) is 2.13. The third kappa shape index (κ3) is 4.45. The number of thiophene rings is 1. The van der Waals surface area contributed by atoms with Crippen LogP contribution in [0.15, 0.2) is 72.1 Å². The fourth-order valence-electron chi connectivity index (χ4n) is 4.05. The summed E-state index contributed by atoms with van der Waals surface area (Å²) in [4.78, 5) is 30.1. The molecule has 6 heteroatoms. The summed E-state index contributed by atoms with van der Waals surface area (Å²) < 4.78 is 0. The number of amides is 2. The van der Waals surface area contributed by atoms with Crippen LogP contribution in [0.4, 0.5) is 5.69 Å². The molecule has 154 valence electrons. The van der Waals surface area contributed by atoms with Crippen molar-refractivity contribution in [2.24, 2.45) is 5.73 Å². The Hall–Kier alpha value is -2.96. The second kappa shape index (κ2) is 9.24. The molecule has 5 nitrogen and oxygen atoms in total. The smallest absolute Gasteiger partial charge is 0.241 e. The molecule has 0 saturated heterocycles. The molecule has 4 rings (SSSR count). The lowest BCUT2D eigenvalue weighted by Crippen LogP contribution is -2.45. The Labute approximate surface area is 180 Å². The highest BCUT2D eigenvalue weighted by atomic mass is 32.1. The number of rotatable bonds is 7. The maximum atomic E-state index is 13.4. The van der Waals surface area contributed by atoms with Crippen molar-refractivity contribution >= 4 is 28.8 Å². The Bertz CT molecular complexity index is 1000. The van der Waals surface area contributed by atoms with E-state index in [1.54, 1.807) is 16.2 Å². The average Bonchev–Trinajstić information content (AvgIpc) is 3.24. The van der Waals surface area contributed by atoms with Crippen molar-refractivity contribution in [3.63, 3.8) is 0 Å². The highest BCUT2D eigenvalue weighted by Gasteiger charge is 2.32. The minimum atomic E-state index is -0.410. The number of nitrogens with two attached hydrogens (primary N) is 1. The minimum Gasteiger partial charge on any atom is -0.370 e. The molecule has 30 heavy (non-hydrogen) atoms. The first-order chi connectivity index (χ1) is 14.6. The average molecular weight is 420 g/mol. The van der Waals surface area contributed by atoms with Gasteiger partial charge in [-0.2, -0.15) is 0 Å². The minimum absolute atomic E-state index is 0.0259. The van der Waals surface area contributed by atoms with E-state index in [0.29, 0.717) is 0 Å². The molecule has 3 aromatic rings. The molecule has 0 radical (unpaired) electrons. The SMILES string of the molecule is NC(=O)CCN(C(=O)CN1CCc2sccc2[C@@H]1c1ccccc1)c1ccccc1. The highest BCUT2D eigenvalue weighted by Crippen LogP contribution is 2.37. The molecule has 0 bridgehead atoms. The fourth-order valence-corrected chi connectivity index (χ4v) is 4.95. The van der Waals surface area contributed by atoms with Crippen molar-refractivity contribution in [2.45, 2.75) is 18.9 Å². The normalized spacial score (nSPS) is 16.1. The lowest BCUT2D eigenvalue weighted by atomic mass is 9.93. The molecule has 2 heterocycles. The van der Waals surface area contributed by atoms with E-state index in [-0.39, 0.29) is 31.5 Å². The van der Waals surface area contributed by atoms with Crippen LogP contribution in [0.5, 0.6) is 0 Å². The molecule has 0 aliphatic carbocycles.